The molecule has 10 atom stereocenters. The molecule has 0 aromatic heterocycles. The monoisotopic (exact) mass is 348 g/mol. The molecule has 0 aliphatic heterocycles. The Morgan fingerprint density at radius 2 is 1.68 bits per heavy atom. The van der Waals surface area contributed by atoms with Crippen LogP contribution in [0.25, 0.3) is 0 Å². The molecule has 0 aromatic rings. The van der Waals surface area contributed by atoms with Crippen LogP contribution in [0.5, 0.6) is 0 Å². The van der Waals surface area contributed by atoms with Crippen molar-refractivity contribution in [2.45, 2.75) is 82.7 Å². The van der Waals surface area contributed by atoms with Gasteiger partial charge in [-0.1, -0.05) is 19.8 Å². The van der Waals surface area contributed by atoms with Gasteiger partial charge in [0.2, 0.25) is 0 Å². The Balaban J connectivity index is 1.72. The zero-order valence-electron chi connectivity index (χ0n) is 15.4. The third-order valence-corrected chi connectivity index (χ3v) is 9.10. The summed E-state index contributed by atoms with van der Waals surface area (Å²) < 4.78 is 0. The third-order valence-electron chi connectivity index (χ3n) is 9.10. The van der Waals surface area contributed by atoms with Crippen LogP contribution in [0.4, 0.5) is 0 Å². The standard InChI is InChI=1S/C21H32O4/c1-4-21(25)17(24)11-15-18-14(6-8-20(15,21)3)19(2)7-5-13(22)9-12(19)10-16(18)23/h1,12-18,22-25H,5-11H2,2-3H3/t12-,13-,14?,15?,16+,17+,18?,19-,20-,21-/m0/s1. The number of hydrogen-bond donors (Lipinski definition) is 4. The first-order chi connectivity index (χ1) is 11.7. The van der Waals surface area contributed by atoms with Gasteiger partial charge in [0.1, 0.15) is 0 Å². The summed E-state index contributed by atoms with van der Waals surface area (Å²) in [5.41, 5.74) is -1.91. The highest BCUT2D eigenvalue weighted by atomic mass is 16.3. The fraction of sp³-hybridized carbons (Fsp3) is 0.905. The number of aliphatic hydroxyl groups is 4. The van der Waals surface area contributed by atoms with Crippen LogP contribution in [0.1, 0.15) is 58.8 Å². The van der Waals surface area contributed by atoms with Crippen molar-refractivity contribution in [1.29, 1.82) is 0 Å². The lowest BCUT2D eigenvalue weighted by molar-refractivity contribution is -0.186. The van der Waals surface area contributed by atoms with E-state index in [-0.39, 0.29) is 23.4 Å². The fourth-order valence-corrected chi connectivity index (χ4v) is 7.49. The molecule has 0 heterocycles. The average molecular weight is 348 g/mol. The van der Waals surface area contributed by atoms with Gasteiger partial charge in [0.15, 0.2) is 5.60 Å². The van der Waals surface area contributed by atoms with Crippen molar-refractivity contribution in [3.63, 3.8) is 0 Å². The molecule has 4 saturated carbocycles. The smallest absolute Gasteiger partial charge is 0.156 e. The van der Waals surface area contributed by atoms with Crippen molar-refractivity contribution in [2.75, 3.05) is 0 Å². The molecule has 4 nitrogen and oxygen atoms in total. The zero-order chi connectivity index (χ0) is 18.2. The van der Waals surface area contributed by atoms with Gasteiger partial charge in [-0.15, -0.1) is 6.42 Å². The normalized spacial score (nSPS) is 60.9. The minimum atomic E-state index is -1.50. The van der Waals surface area contributed by atoms with Crippen molar-refractivity contribution in [1.82, 2.24) is 0 Å². The summed E-state index contributed by atoms with van der Waals surface area (Å²) in [6, 6.07) is 0. The lowest BCUT2D eigenvalue weighted by atomic mass is 9.43. The van der Waals surface area contributed by atoms with E-state index in [1.54, 1.807) is 0 Å². The number of terminal acetylenes is 1. The molecule has 0 spiro atoms. The van der Waals surface area contributed by atoms with Gasteiger partial charge in [-0.05, 0) is 74.0 Å². The summed E-state index contributed by atoms with van der Waals surface area (Å²) in [6.45, 7) is 4.35. The quantitative estimate of drug-likeness (QED) is 0.502. The van der Waals surface area contributed by atoms with Gasteiger partial charge in [0, 0.05) is 5.41 Å². The molecule has 4 aliphatic rings. The highest BCUT2D eigenvalue weighted by Crippen LogP contribution is 2.68. The molecule has 4 rings (SSSR count). The van der Waals surface area contributed by atoms with Crippen LogP contribution in [-0.2, 0) is 0 Å². The Kier molecular flexibility index (Phi) is 3.88. The van der Waals surface area contributed by atoms with Crippen LogP contribution in [0.15, 0.2) is 0 Å². The van der Waals surface area contributed by atoms with Crippen molar-refractivity contribution < 1.29 is 20.4 Å². The molecular formula is C21H32O4. The van der Waals surface area contributed by atoms with Crippen molar-refractivity contribution in [2.24, 2.45) is 34.5 Å². The molecule has 0 saturated heterocycles. The first-order valence-electron chi connectivity index (χ1n) is 9.91. The molecule has 0 radical (unpaired) electrons. The predicted octanol–water partition coefficient (Wildman–Crippen LogP) is 1.70. The molecule has 25 heavy (non-hydrogen) atoms. The maximum absolute atomic E-state index is 11.0. The topological polar surface area (TPSA) is 80.9 Å². The van der Waals surface area contributed by atoms with Gasteiger partial charge in [-0.25, -0.2) is 0 Å². The highest BCUT2D eigenvalue weighted by Gasteiger charge is 2.68. The van der Waals surface area contributed by atoms with E-state index in [4.69, 9.17) is 6.42 Å². The second kappa shape index (κ2) is 5.45. The molecule has 140 valence electrons. The van der Waals surface area contributed by atoms with Crippen LogP contribution in [0.3, 0.4) is 0 Å². The molecule has 0 bridgehead atoms. The maximum Gasteiger partial charge on any atom is 0.156 e. The van der Waals surface area contributed by atoms with Gasteiger partial charge in [-0.2, -0.15) is 0 Å². The Hall–Kier alpha value is -0.600. The summed E-state index contributed by atoms with van der Waals surface area (Å²) >= 11 is 0. The Labute approximate surface area is 150 Å². The molecule has 3 unspecified atom stereocenters. The number of rotatable bonds is 0. The van der Waals surface area contributed by atoms with E-state index in [0.717, 1.165) is 32.1 Å². The van der Waals surface area contributed by atoms with E-state index in [0.29, 0.717) is 24.7 Å². The number of aliphatic hydroxyl groups excluding tert-OH is 3. The van der Waals surface area contributed by atoms with Crippen molar-refractivity contribution >= 4 is 0 Å². The number of hydrogen-bond acceptors (Lipinski definition) is 4. The summed E-state index contributed by atoms with van der Waals surface area (Å²) in [4.78, 5) is 0. The van der Waals surface area contributed by atoms with E-state index in [1.807, 2.05) is 6.92 Å². The summed E-state index contributed by atoms with van der Waals surface area (Å²) in [6.07, 6.45) is 9.57. The summed E-state index contributed by atoms with van der Waals surface area (Å²) in [5.74, 6) is 3.35. The molecule has 4 N–H and O–H groups in total. The third kappa shape index (κ3) is 2.10. The zero-order valence-corrected chi connectivity index (χ0v) is 15.4. The number of fused-ring (bicyclic) bond motifs is 5. The Bertz CT molecular complexity index is 599. The fourth-order valence-electron chi connectivity index (χ4n) is 7.49. The van der Waals surface area contributed by atoms with Crippen molar-refractivity contribution in [3.05, 3.63) is 0 Å². The van der Waals surface area contributed by atoms with Gasteiger partial charge in [0.05, 0.1) is 18.3 Å². The largest absolute Gasteiger partial charge is 0.393 e. The maximum atomic E-state index is 11.0. The molecule has 0 aromatic carbocycles. The van der Waals surface area contributed by atoms with Crippen LogP contribution >= 0.6 is 0 Å². The van der Waals surface area contributed by atoms with E-state index in [9.17, 15) is 20.4 Å². The predicted molar refractivity (Wildman–Crippen MR) is 94.3 cm³/mol. The lowest BCUT2D eigenvalue weighted by Gasteiger charge is -2.62. The summed E-state index contributed by atoms with van der Waals surface area (Å²) in [7, 11) is 0. The van der Waals surface area contributed by atoms with E-state index < -0.39 is 23.2 Å². The van der Waals surface area contributed by atoms with Crippen LogP contribution in [0, 0.1) is 46.8 Å². The van der Waals surface area contributed by atoms with Gasteiger partial charge < -0.3 is 20.4 Å². The van der Waals surface area contributed by atoms with E-state index in [1.165, 1.54) is 0 Å². The second-order valence-corrected chi connectivity index (χ2v) is 9.84. The van der Waals surface area contributed by atoms with Crippen LogP contribution in [-0.4, -0.2) is 44.3 Å². The SMILES string of the molecule is C#C[C@]1(O)[C@H](O)CC2C3C(CC[C@@]21C)[C@@]1(C)CC[C@H](O)C[C@H]1C[C@H]3O. The minimum Gasteiger partial charge on any atom is -0.393 e. The van der Waals surface area contributed by atoms with Crippen molar-refractivity contribution in [3.8, 4) is 12.3 Å². The van der Waals surface area contributed by atoms with Gasteiger partial charge in [0.25, 0.3) is 0 Å². The molecule has 4 fully saturated rings. The van der Waals surface area contributed by atoms with Crippen LogP contribution < -0.4 is 0 Å². The molecular weight excluding hydrogens is 316 g/mol. The molecule has 4 aliphatic carbocycles. The Morgan fingerprint density at radius 3 is 2.36 bits per heavy atom. The molecule has 4 heteroatoms. The molecule has 0 amide bonds. The Morgan fingerprint density at radius 1 is 0.960 bits per heavy atom. The van der Waals surface area contributed by atoms with E-state index in [2.05, 4.69) is 12.8 Å². The lowest BCUT2D eigenvalue weighted by Crippen LogP contribution is -2.60. The van der Waals surface area contributed by atoms with Crippen LogP contribution in [0.2, 0.25) is 0 Å². The summed E-state index contributed by atoms with van der Waals surface area (Å²) in [5, 5.41) is 42.7. The first kappa shape index (κ1) is 17.8. The van der Waals surface area contributed by atoms with Gasteiger partial charge >= 0.3 is 0 Å². The highest BCUT2D eigenvalue weighted by molar-refractivity contribution is 5.27. The van der Waals surface area contributed by atoms with Gasteiger partial charge in [-0.3, -0.25) is 0 Å². The van der Waals surface area contributed by atoms with E-state index >= 15 is 0 Å². The second-order valence-electron chi connectivity index (χ2n) is 9.84. The first-order valence-corrected chi connectivity index (χ1v) is 9.91. The minimum absolute atomic E-state index is 0.0434. The average Bonchev–Trinajstić information content (AvgIpc) is 2.77.